The fourth-order valence-corrected chi connectivity index (χ4v) is 5.64. The predicted octanol–water partition coefficient (Wildman–Crippen LogP) is 2.06. The zero-order chi connectivity index (χ0) is 13.1. The second-order valence-electron chi connectivity index (χ2n) is 8.08. The SMILES string of the molecule is NCC1(C(=O)NCC23CC4CC(CC(C4)C2)C3)CC1. The van der Waals surface area contributed by atoms with Gasteiger partial charge >= 0.3 is 0 Å². The average molecular weight is 262 g/mol. The van der Waals surface area contributed by atoms with Gasteiger partial charge in [-0.1, -0.05) is 0 Å². The quantitative estimate of drug-likeness (QED) is 0.815. The summed E-state index contributed by atoms with van der Waals surface area (Å²) in [5, 5.41) is 3.27. The van der Waals surface area contributed by atoms with Gasteiger partial charge in [0.15, 0.2) is 0 Å². The van der Waals surface area contributed by atoms with Gasteiger partial charge in [0, 0.05) is 13.1 Å². The van der Waals surface area contributed by atoms with Gasteiger partial charge in [0.05, 0.1) is 5.41 Å². The first kappa shape index (κ1) is 12.2. The molecule has 106 valence electrons. The molecule has 5 saturated carbocycles. The summed E-state index contributed by atoms with van der Waals surface area (Å²) in [5.74, 6) is 3.14. The van der Waals surface area contributed by atoms with Crippen LogP contribution in [0.1, 0.15) is 51.4 Å². The second kappa shape index (κ2) is 3.97. The van der Waals surface area contributed by atoms with Crippen molar-refractivity contribution in [1.29, 1.82) is 0 Å². The van der Waals surface area contributed by atoms with Crippen molar-refractivity contribution in [2.24, 2.45) is 34.3 Å². The fraction of sp³-hybridized carbons (Fsp3) is 0.938. The summed E-state index contributed by atoms with van der Waals surface area (Å²) in [5.41, 5.74) is 6.02. The number of hydrogen-bond donors (Lipinski definition) is 2. The van der Waals surface area contributed by atoms with E-state index in [1.165, 1.54) is 38.5 Å². The Morgan fingerprint density at radius 2 is 1.58 bits per heavy atom. The third-order valence-electron chi connectivity index (χ3n) is 6.51. The van der Waals surface area contributed by atoms with E-state index in [9.17, 15) is 4.79 Å². The van der Waals surface area contributed by atoms with E-state index in [-0.39, 0.29) is 11.3 Å². The molecule has 0 saturated heterocycles. The van der Waals surface area contributed by atoms with Crippen LogP contribution in [0.4, 0.5) is 0 Å². The minimum Gasteiger partial charge on any atom is -0.355 e. The minimum absolute atomic E-state index is 0.178. The van der Waals surface area contributed by atoms with Crippen LogP contribution in [0.15, 0.2) is 0 Å². The Bertz CT molecular complexity index is 364. The van der Waals surface area contributed by atoms with Gasteiger partial charge in [0.25, 0.3) is 0 Å². The summed E-state index contributed by atoms with van der Waals surface area (Å²) >= 11 is 0. The number of amides is 1. The first-order valence-corrected chi connectivity index (χ1v) is 8.12. The third-order valence-corrected chi connectivity index (χ3v) is 6.51. The van der Waals surface area contributed by atoms with E-state index in [0.29, 0.717) is 12.0 Å². The van der Waals surface area contributed by atoms with Crippen LogP contribution in [-0.2, 0) is 4.79 Å². The summed E-state index contributed by atoms with van der Waals surface area (Å²) in [6, 6.07) is 0. The first-order chi connectivity index (χ1) is 9.13. The van der Waals surface area contributed by atoms with Crippen molar-refractivity contribution in [3.05, 3.63) is 0 Å². The molecular weight excluding hydrogens is 236 g/mol. The Morgan fingerprint density at radius 3 is 2.00 bits per heavy atom. The molecule has 1 amide bonds. The summed E-state index contributed by atoms with van der Waals surface area (Å²) in [6.07, 6.45) is 10.5. The highest BCUT2D eigenvalue weighted by molar-refractivity contribution is 5.85. The molecule has 5 fully saturated rings. The van der Waals surface area contributed by atoms with E-state index in [1.54, 1.807) is 0 Å². The molecule has 3 N–H and O–H groups in total. The van der Waals surface area contributed by atoms with E-state index < -0.39 is 0 Å². The van der Waals surface area contributed by atoms with Gasteiger partial charge in [0.1, 0.15) is 0 Å². The van der Waals surface area contributed by atoms with Crippen molar-refractivity contribution in [2.75, 3.05) is 13.1 Å². The normalized spacial score (nSPS) is 45.2. The molecule has 5 rings (SSSR count). The lowest BCUT2D eigenvalue weighted by Gasteiger charge is -2.57. The number of nitrogens with two attached hydrogens (primary N) is 1. The maximum absolute atomic E-state index is 12.3. The van der Waals surface area contributed by atoms with Crippen molar-refractivity contribution in [1.82, 2.24) is 5.32 Å². The van der Waals surface area contributed by atoms with E-state index in [2.05, 4.69) is 5.32 Å². The van der Waals surface area contributed by atoms with Crippen LogP contribution in [-0.4, -0.2) is 19.0 Å². The molecule has 0 spiro atoms. The van der Waals surface area contributed by atoms with Crippen LogP contribution in [0.25, 0.3) is 0 Å². The molecule has 0 atom stereocenters. The van der Waals surface area contributed by atoms with E-state index in [4.69, 9.17) is 5.73 Å². The van der Waals surface area contributed by atoms with Crippen molar-refractivity contribution >= 4 is 5.91 Å². The van der Waals surface area contributed by atoms with Gasteiger partial charge in [-0.2, -0.15) is 0 Å². The molecule has 4 bridgehead atoms. The van der Waals surface area contributed by atoms with E-state index >= 15 is 0 Å². The average Bonchev–Trinajstić information content (AvgIpc) is 3.15. The highest BCUT2D eigenvalue weighted by Gasteiger charge is 2.52. The minimum atomic E-state index is -0.178. The number of rotatable bonds is 4. The molecule has 5 aliphatic rings. The van der Waals surface area contributed by atoms with Crippen LogP contribution in [0, 0.1) is 28.6 Å². The molecule has 0 aromatic heterocycles. The number of nitrogens with one attached hydrogen (secondary N) is 1. The monoisotopic (exact) mass is 262 g/mol. The Hall–Kier alpha value is -0.570. The molecule has 3 nitrogen and oxygen atoms in total. The van der Waals surface area contributed by atoms with E-state index in [1.807, 2.05) is 0 Å². The second-order valence-corrected chi connectivity index (χ2v) is 8.08. The number of hydrogen-bond acceptors (Lipinski definition) is 2. The number of carbonyl (C=O) groups excluding carboxylic acids is 1. The fourth-order valence-electron chi connectivity index (χ4n) is 5.64. The summed E-state index contributed by atoms with van der Waals surface area (Å²) in [4.78, 5) is 12.3. The Morgan fingerprint density at radius 1 is 1.05 bits per heavy atom. The summed E-state index contributed by atoms with van der Waals surface area (Å²) < 4.78 is 0. The topological polar surface area (TPSA) is 55.1 Å². The zero-order valence-electron chi connectivity index (χ0n) is 11.8. The standard InChI is InChI=1S/C16H26N2O/c17-9-16(1-2-16)14(19)18-10-15-6-11-3-12(7-15)5-13(4-11)8-15/h11-13H,1-10,17H2,(H,18,19). The third kappa shape index (κ3) is 1.93. The Labute approximate surface area is 115 Å². The van der Waals surface area contributed by atoms with Crippen molar-refractivity contribution in [3.8, 4) is 0 Å². The lowest BCUT2D eigenvalue weighted by atomic mass is 9.49. The molecule has 0 radical (unpaired) electrons. The van der Waals surface area contributed by atoms with Gasteiger partial charge in [-0.25, -0.2) is 0 Å². The van der Waals surface area contributed by atoms with Crippen molar-refractivity contribution in [2.45, 2.75) is 51.4 Å². The summed E-state index contributed by atoms with van der Waals surface area (Å²) in [7, 11) is 0. The van der Waals surface area contributed by atoms with Crippen LogP contribution in [0.3, 0.4) is 0 Å². The largest absolute Gasteiger partial charge is 0.355 e. The highest BCUT2D eigenvalue weighted by Crippen LogP contribution is 2.59. The van der Waals surface area contributed by atoms with Gasteiger partial charge in [-0.15, -0.1) is 0 Å². The van der Waals surface area contributed by atoms with Gasteiger partial charge in [0.2, 0.25) is 5.91 Å². The lowest BCUT2D eigenvalue weighted by molar-refractivity contribution is -0.128. The molecule has 0 unspecified atom stereocenters. The Kier molecular flexibility index (Phi) is 2.55. The zero-order valence-corrected chi connectivity index (χ0v) is 11.8. The lowest BCUT2D eigenvalue weighted by Crippen LogP contribution is -2.52. The predicted molar refractivity (Wildman–Crippen MR) is 74.3 cm³/mol. The van der Waals surface area contributed by atoms with Crippen LogP contribution >= 0.6 is 0 Å². The highest BCUT2D eigenvalue weighted by atomic mass is 16.2. The first-order valence-electron chi connectivity index (χ1n) is 8.12. The molecule has 5 aliphatic carbocycles. The maximum atomic E-state index is 12.3. The van der Waals surface area contributed by atoms with Gasteiger partial charge in [-0.3, -0.25) is 4.79 Å². The molecule has 0 aliphatic heterocycles. The molecular formula is C16H26N2O. The smallest absolute Gasteiger partial charge is 0.227 e. The Balaban J connectivity index is 1.41. The van der Waals surface area contributed by atoms with E-state index in [0.717, 1.165) is 37.1 Å². The molecule has 3 heteroatoms. The molecule has 0 aromatic carbocycles. The summed E-state index contributed by atoms with van der Waals surface area (Å²) in [6.45, 7) is 1.46. The van der Waals surface area contributed by atoms with Crippen LogP contribution < -0.4 is 11.1 Å². The van der Waals surface area contributed by atoms with Crippen LogP contribution in [0.2, 0.25) is 0 Å². The van der Waals surface area contributed by atoms with Gasteiger partial charge < -0.3 is 11.1 Å². The molecule has 0 heterocycles. The molecule has 0 aromatic rings. The maximum Gasteiger partial charge on any atom is 0.227 e. The number of carbonyl (C=O) groups is 1. The van der Waals surface area contributed by atoms with Crippen molar-refractivity contribution < 1.29 is 4.79 Å². The van der Waals surface area contributed by atoms with Crippen LogP contribution in [0.5, 0.6) is 0 Å². The van der Waals surface area contributed by atoms with Crippen molar-refractivity contribution in [3.63, 3.8) is 0 Å². The van der Waals surface area contributed by atoms with Gasteiger partial charge in [-0.05, 0) is 74.5 Å². The molecule has 19 heavy (non-hydrogen) atoms.